The Bertz CT molecular complexity index is 1550. The van der Waals surface area contributed by atoms with Crippen molar-refractivity contribution in [1.82, 2.24) is 30.9 Å². The summed E-state index contributed by atoms with van der Waals surface area (Å²) in [6.07, 6.45) is 6.06. The molecule has 48 heavy (non-hydrogen) atoms. The number of hydrogen-bond donors (Lipinski definition) is 4. The van der Waals surface area contributed by atoms with E-state index in [0.717, 1.165) is 16.7 Å². The van der Waals surface area contributed by atoms with Crippen LogP contribution in [0.1, 0.15) is 42.7 Å². The van der Waals surface area contributed by atoms with Crippen LogP contribution in [-0.2, 0) is 40.3 Å². The Morgan fingerprint density at radius 2 is 1.33 bits per heavy atom. The van der Waals surface area contributed by atoms with Crippen LogP contribution in [0.3, 0.4) is 0 Å². The van der Waals surface area contributed by atoms with E-state index in [2.05, 4.69) is 30.9 Å². The molecule has 0 radical (unpaired) electrons. The molecular formula is C36H42N6O6. The minimum atomic E-state index is -1.09. The average molecular weight is 655 g/mol. The van der Waals surface area contributed by atoms with Gasteiger partial charge in [-0.2, -0.15) is 0 Å². The number of nitrogens with one attached hydrogen (secondary N) is 3. The number of ether oxygens (including phenoxy) is 2. The Balaban J connectivity index is 1.46. The van der Waals surface area contributed by atoms with Crippen molar-refractivity contribution in [3.63, 3.8) is 0 Å². The molecule has 0 unspecified atom stereocenters. The number of alkyl carbamates (subject to hydrolysis) is 2. The molecule has 0 aliphatic heterocycles. The summed E-state index contributed by atoms with van der Waals surface area (Å²) in [6.45, 7) is 3.53. The molecule has 4 aromatic rings. The minimum absolute atomic E-state index is 0.0394. The van der Waals surface area contributed by atoms with Gasteiger partial charge in [0, 0.05) is 36.4 Å². The predicted octanol–water partition coefficient (Wildman–Crippen LogP) is 4.14. The third-order valence-electron chi connectivity index (χ3n) is 7.55. The number of carbonyl (C=O) groups excluding carboxylic acids is 3. The highest BCUT2D eigenvalue weighted by atomic mass is 16.6. The van der Waals surface area contributed by atoms with Crippen LogP contribution >= 0.6 is 0 Å². The molecule has 0 aliphatic rings. The Kier molecular flexibility index (Phi) is 13.8. The fourth-order valence-corrected chi connectivity index (χ4v) is 5.06. The molecule has 2 heterocycles. The van der Waals surface area contributed by atoms with Gasteiger partial charge in [-0.1, -0.05) is 80.6 Å². The molecule has 0 spiro atoms. The van der Waals surface area contributed by atoms with Crippen LogP contribution in [0.2, 0.25) is 0 Å². The Labute approximate surface area is 280 Å². The standard InChI is InChI=1S/C36H42N6O6/c1-25(2)33(42-36(46)48-24-30-22-38-16-17-39-30)34(44)41-31(19-27-12-7-4-8-13-27)32(43)20-29(18-26-10-5-3-6-11-26)40-35(45)47-23-28-14-9-15-37-21-28/h3-17,21-22,25,29,31-33,43H,18-20,23-24H2,1-2H3,(H,40,45)(H,41,44)(H,42,46)/t29-,31-,32-,33-/m0/s1. The number of aliphatic hydroxyl groups is 1. The zero-order chi connectivity index (χ0) is 34.1. The van der Waals surface area contributed by atoms with E-state index in [9.17, 15) is 19.5 Å². The molecule has 0 bridgehead atoms. The molecule has 3 amide bonds. The molecule has 12 heteroatoms. The first kappa shape index (κ1) is 35.5. The fraction of sp³-hybridized carbons (Fsp3) is 0.333. The van der Waals surface area contributed by atoms with Gasteiger partial charge in [-0.05, 0) is 42.4 Å². The van der Waals surface area contributed by atoms with E-state index in [0.29, 0.717) is 18.5 Å². The first-order valence-corrected chi connectivity index (χ1v) is 15.8. The summed E-state index contributed by atoms with van der Waals surface area (Å²) in [5.41, 5.74) is 3.05. The Hall–Kier alpha value is -5.36. The normalized spacial score (nSPS) is 13.4. The first-order valence-electron chi connectivity index (χ1n) is 15.8. The number of hydrogen-bond acceptors (Lipinski definition) is 9. The van der Waals surface area contributed by atoms with E-state index in [-0.39, 0.29) is 25.6 Å². The lowest BCUT2D eigenvalue weighted by Gasteiger charge is -2.30. The summed E-state index contributed by atoms with van der Waals surface area (Å²) in [6, 6.07) is 20.4. The molecule has 4 atom stereocenters. The smallest absolute Gasteiger partial charge is 0.408 e. The van der Waals surface area contributed by atoms with Crippen molar-refractivity contribution in [2.45, 2.75) is 70.6 Å². The number of pyridine rings is 1. The molecule has 0 saturated carbocycles. The zero-order valence-electron chi connectivity index (χ0n) is 27.1. The number of aromatic nitrogens is 3. The summed E-state index contributed by atoms with van der Waals surface area (Å²) < 4.78 is 10.7. The molecule has 252 valence electrons. The monoisotopic (exact) mass is 654 g/mol. The van der Waals surface area contributed by atoms with Gasteiger partial charge in [0.25, 0.3) is 0 Å². The molecule has 4 rings (SSSR count). The van der Waals surface area contributed by atoms with Crippen LogP contribution in [0.25, 0.3) is 0 Å². The highest BCUT2D eigenvalue weighted by Gasteiger charge is 2.31. The van der Waals surface area contributed by atoms with Gasteiger partial charge in [0.2, 0.25) is 5.91 Å². The second-order valence-corrected chi connectivity index (χ2v) is 11.7. The summed E-state index contributed by atoms with van der Waals surface area (Å²) in [7, 11) is 0. The summed E-state index contributed by atoms with van der Waals surface area (Å²) >= 11 is 0. The third kappa shape index (κ3) is 12.1. The van der Waals surface area contributed by atoms with Crippen LogP contribution in [0.5, 0.6) is 0 Å². The van der Waals surface area contributed by atoms with E-state index in [1.807, 2.05) is 60.7 Å². The van der Waals surface area contributed by atoms with Crippen molar-refractivity contribution < 1.29 is 29.0 Å². The summed E-state index contributed by atoms with van der Waals surface area (Å²) in [4.78, 5) is 51.3. The summed E-state index contributed by atoms with van der Waals surface area (Å²) in [5.74, 6) is -0.782. The lowest BCUT2D eigenvalue weighted by Crippen LogP contribution is -2.56. The van der Waals surface area contributed by atoms with Crippen molar-refractivity contribution >= 4 is 18.1 Å². The molecule has 4 N–H and O–H groups in total. The van der Waals surface area contributed by atoms with E-state index in [4.69, 9.17) is 9.47 Å². The molecule has 0 saturated heterocycles. The van der Waals surface area contributed by atoms with Crippen LogP contribution in [0.4, 0.5) is 9.59 Å². The molecular weight excluding hydrogens is 612 g/mol. The lowest BCUT2D eigenvalue weighted by molar-refractivity contribution is -0.125. The van der Waals surface area contributed by atoms with Crippen LogP contribution < -0.4 is 16.0 Å². The van der Waals surface area contributed by atoms with Gasteiger partial charge in [-0.15, -0.1) is 0 Å². The van der Waals surface area contributed by atoms with Crippen molar-refractivity contribution in [3.05, 3.63) is 126 Å². The highest BCUT2D eigenvalue weighted by molar-refractivity contribution is 5.86. The maximum atomic E-state index is 13.7. The number of rotatable bonds is 16. The van der Waals surface area contributed by atoms with Gasteiger partial charge in [-0.25, -0.2) is 9.59 Å². The topological polar surface area (TPSA) is 165 Å². The fourth-order valence-electron chi connectivity index (χ4n) is 5.06. The van der Waals surface area contributed by atoms with Crippen LogP contribution in [0.15, 0.2) is 104 Å². The minimum Gasteiger partial charge on any atom is -0.445 e. The number of benzene rings is 2. The van der Waals surface area contributed by atoms with Gasteiger partial charge in [0.15, 0.2) is 0 Å². The van der Waals surface area contributed by atoms with Gasteiger partial charge >= 0.3 is 12.2 Å². The van der Waals surface area contributed by atoms with Gasteiger partial charge in [0.1, 0.15) is 19.3 Å². The van der Waals surface area contributed by atoms with Crippen LogP contribution in [-0.4, -0.2) is 62.4 Å². The predicted molar refractivity (Wildman–Crippen MR) is 178 cm³/mol. The third-order valence-corrected chi connectivity index (χ3v) is 7.55. The van der Waals surface area contributed by atoms with E-state index in [1.54, 1.807) is 38.4 Å². The van der Waals surface area contributed by atoms with E-state index in [1.165, 1.54) is 18.6 Å². The quantitative estimate of drug-likeness (QED) is 0.139. The number of nitrogens with zero attached hydrogens (tertiary/aromatic N) is 3. The maximum Gasteiger partial charge on any atom is 0.408 e. The van der Waals surface area contributed by atoms with Crippen molar-refractivity contribution in [2.75, 3.05) is 0 Å². The first-order chi connectivity index (χ1) is 23.3. The number of carbonyl (C=O) groups is 3. The number of aliphatic hydroxyl groups excluding tert-OH is 1. The molecule has 0 aliphatic carbocycles. The average Bonchev–Trinajstić information content (AvgIpc) is 3.10. The number of amides is 3. The van der Waals surface area contributed by atoms with Crippen molar-refractivity contribution in [1.29, 1.82) is 0 Å². The van der Waals surface area contributed by atoms with Crippen molar-refractivity contribution in [2.24, 2.45) is 5.92 Å². The Morgan fingerprint density at radius 3 is 1.96 bits per heavy atom. The van der Waals surface area contributed by atoms with Crippen molar-refractivity contribution in [3.8, 4) is 0 Å². The second kappa shape index (κ2) is 18.7. The largest absolute Gasteiger partial charge is 0.445 e. The maximum absolute atomic E-state index is 13.7. The lowest BCUT2D eigenvalue weighted by atomic mass is 9.93. The van der Waals surface area contributed by atoms with E-state index >= 15 is 0 Å². The van der Waals surface area contributed by atoms with E-state index < -0.39 is 42.3 Å². The van der Waals surface area contributed by atoms with Gasteiger partial charge < -0.3 is 30.5 Å². The highest BCUT2D eigenvalue weighted by Crippen LogP contribution is 2.16. The summed E-state index contributed by atoms with van der Waals surface area (Å²) in [5, 5.41) is 20.2. The molecule has 12 nitrogen and oxygen atoms in total. The van der Waals surface area contributed by atoms with Gasteiger partial charge in [0.05, 0.1) is 24.0 Å². The molecule has 2 aromatic carbocycles. The SMILES string of the molecule is CC(C)[C@H](NC(=O)OCc1cnccn1)C(=O)N[C@@H](Cc1ccccc1)[C@@H](O)C[C@H](Cc1ccccc1)NC(=O)OCc1cccnc1. The molecule has 2 aromatic heterocycles. The molecule has 0 fully saturated rings. The van der Waals surface area contributed by atoms with Crippen LogP contribution in [0, 0.1) is 5.92 Å². The second-order valence-electron chi connectivity index (χ2n) is 11.7. The van der Waals surface area contributed by atoms with Gasteiger partial charge in [-0.3, -0.25) is 19.7 Å². The Morgan fingerprint density at radius 1 is 0.708 bits per heavy atom. The zero-order valence-corrected chi connectivity index (χ0v) is 27.1.